The van der Waals surface area contributed by atoms with E-state index >= 15 is 0 Å². The van der Waals surface area contributed by atoms with Crippen LogP contribution >= 0.6 is 23.2 Å². The summed E-state index contributed by atoms with van der Waals surface area (Å²) in [6.07, 6.45) is 3.86. The molecule has 0 saturated carbocycles. The molecule has 2 nitrogen and oxygen atoms in total. The molecule has 0 aliphatic carbocycles. The molecule has 0 amide bonds. The first kappa shape index (κ1) is 15.6. The van der Waals surface area contributed by atoms with Crippen molar-refractivity contribution in [1.82, 2.24) is 4.98 Å². The Labute approximate surface area is 132 Å². The summed E-state index contributed by atoms with van der Waals surface area (Å²) in [7, 11) is 0. The van der Waals surface area contributed by atoms with Crippen molar-refractivity contribution in [1.29, 1.82) is 0 Å². The highest BCUT2D eigenvalue weighted by molar-refractivity contribution is 6.31. The highest BCUT2D eigenvalue weighted by Crippen LogP contribution is 2.20. The predicted molar refractivity (Wildman–Crippen MR) is 82.2 cm³/mol. The number of aromatic nitrogens is 1. The molecule has 5 heteroatoms. The highest BCUT2D eigenvalue weighted by Gasteiger charge is 2.03. The molecule has 0 aliphatic rings. The van der Waals surface area contributed by atoms with Crippen molar-refractivity contribution in [3.05, 3.63) is 58.6 Å². The van der Waals surface area contributed by atoms with Crippen molar-refractivity contribution in [3.8, 4) is 17.6 Å². The zero-order valence-electron chi connectivity index (χ0n) is 11.1. The number of nitrogens with zero attached hydrogens (tertiary/aromatic N) is 1. The van der Waals surface area contributed by atoms with Crippen LogP contribution in [0.25, 0.3) is 0 Å². The van der Waals surface area contributed by atoms with E-state index in [4.69, 9.17) is 27.9 Å². The molecule has 2 rings (SSSR count). The number of hydrogen-bond donors (Lipinski definition) is 0. The molecule has 21 heavy (non-hydrogen) atoms. The number of halogens is 3. The first-order chi connectivity index (χ1) is 10.2. The van der Waals surface area contributed by atoms with Gasteiger partial charge in [-0.05, 0) is 18.2 Å². The molecule has 0 radical (unpaired) electrons. The van der Waals surface area contributed by atoms with Gasteiger partial charge < -0.3 is 4.74 Å². The van der Waals surface area contributed by atoms with E-state index < -0.39 is 0 Å². The van der Waals surface area contributed by atoms with Crippen LogP contribution in [0, 0.1) is 17.7 Å². The number of ether oxygens (including phenoxy) is 1. The molecule has 0 aliphatic heterocycles. The smallest absolute Gasteiger partial charge is 0.139 e. The monoisotopic (exact) mass is 323 g/mol. The third-order valence-electron chi connectivity index (χ3n) is 2.57. The van der Waals surface area contributed by atoms with Crippen molar-refractivity contribution in [2.24, 2.45) is 0 Å². The normalized spacial score (nSPS) is 9.86. The molecule has 0 bridgehead atoms. The Kier molecular flexibility index (Phi) is 5.86. The van der Waals surface area contributed by atoms with Gasteiger partial charge in [0.15, 0.2) is 0 Å². The Morgan fingerprint density at radius 1 is 1.24 bits per heavy atom. The van der Waals surface area contributed by atoms with Crippen LogP contribution in [0.4, 0.5) is 4.39 Å². The van der Waals surface area contributed by atoms with Gasteiger partial charge in [0, 0.05) is 29.6 Å². The number of pyridine rings is 1. The van der Waals surface area contributed by atoms with E-state index in [0.29, 0.717) is 28.6 Å². The quantitative estimate of drug-likeness (QED) is 0.613. The van der Waals surface area contributed by atoms with Gasteiger partial charge in [-0.1, -0.05) is 29.5 Å². The molecule has 2 aromatic rings. The average molecular weight is 324 g/mol. The van der Waals surface area contributed by atoms with E-state index in [-0.39, 0.29) is 12.4 Å². The lowest BCUT2D eigenvalue weighted by atomic mass is 10.2. The van der Waals surface area contributed by atoms with Crippen molar-refractivity contribution in [2.75, 3.05) is 5.88 Å². The molecule has 1 heterocycles. The van der Waals surface area contributed by atoms with Crippen molar-refractivity contribution >= 4 is 23.2 Å². The fourth-order valence-electron chi connectivity index (χ4n) is 1.58. The molecule has 1 aromatic heterocycles. The second-order valence-corrected chi connectivity index (χ2v) is 4.96. The average Bonchev–Trinajstić information content (AvgIpc) is 2.47. The van der Waals surface area contributed by atoms with Gasteiger partial charge in [-0.15, -0.1) is 11.6 Å². The third-order valence-corrected chi connectivity index (χ3v) is 3.12. The second kappa shape index (κ2) is 7.87. The largest absolute Gasteiger partial charge is 0.487 e. The summed E-state index contributed by atoms with van der Waals surface area (Å²) in [5.74, 6) is 6.58. The first-order valence-corrected chi connectivity index (χ1v) is 7.17. The van der Waals surface area contributed by atoms with Crippen molar-refractivity contribution in [2.45, 2.75) is 13.0 Å². The van der Waals surface area contributed by atoms with Gasteiger partial charge in [-0.3, -0.25) is 4.98 Å². The molecule has 108 valence electrons. The number of rotatable bonds is 4. The van der Waals surface area contributed by atoms with Crippen molar-refractivity contribution < 1.29 is 9.13 Å². The minimum atomic E-state index is -0.373. The van der Waals surface area contributed by atoms with Crippen LogP contribution in [0.5, 0.6) is 5.75 Å². The molecule has 0 N–H and O–H groups in total. The zero-order valence-corrected chi connectivity index (χ0v) is 12.6. The van der Waals surface area contributed by atoms with E-state index in [0.717, 1.165) is 5.56 Å². The van der Waals surface area contributed by atoms with Crippen LogP contribution in [0.15, 0.2) is 36.7 Å². The van der Waals surface area contributed by atoms with Crippen LogP contribution < -0.4 is 4.74 Å². The third kappa shape index (κ3) is 4.93. The Bertz CT molecular complexity index is 679. The van der Waals surface area contributed by atoms with E-state index in [1.54, 1.807) is 24.5 Å². The number of hydrogen-bond acceptors (Lipinski definition) is 2. The summed E-state index contributed by atoms with van der Waals surface area (Å²) in [6, 6.07) is 5.98. The van der Waals surface area contributed by atoms with Gasteiger partial charge in [0.05, 0.1) is 11.2 Å². The van der Waals surface area contributed by atoms with Gasteiger partial charge in [-0.2, -0.15) is 0 Å². The standard InChI is InChI=1S/C16H12Cl2FNO/c17-6-2-1-3-12-7-15(10-20-9-12)21-11-13-4-5-14(19)8-16(13)18/h4-5,7-10H,2,6,11H2. The van der Waals surface area contributed by atoms with Crippen LogP contribution in [0.3, 0.4) is 0 Å². The van der Waals surface area contributed by atoms with E-state index in [1.807, 2.05) is 0 Å². The summed E-state index contributed by atoms with van der Waals surface area (Å²) in [5.41, 5.74) is 1.46. The van der Waals surface area contributed by atoms with E-state index in [2.05, 4.69) is 16.8 Å². The molecule has 0 spiro atoms. The molecular formula is C16H12Cl2FNO. The Morgan fingerprint density at radius 3 is 2.86 bits per heavy atom. The van der Waals surface area contributed by atoms with Crippen LogP contribution in [-0.4, -0.2) is 10.9 Å². The van der Waals surface area contributed by atoms with Gasteiger partial charge in [0.1, 0.15) is 18.2 Å². The fourth-order valence-corrected chi connectivity index (χ4v) is 1.89. The molecular weight excluding hydrogens is 312 g/mol. The molecule has 0 atom stereocenters. The van der Waals surface area contributed by atoms with E-state index in [9.17, 15) is 4.39 Å². The lowest BCUT2D eigenvalue weighted by Gasteiger charge is -2.07. The summed E-state index contributed by atoms with van der Waals surface area (Å²) >= 11 is 11.5. The van der Waals surface area contributed by atoms with Crippen LogP contribution in [0.1, 0.15) is 17.5 Å². The maximum absolute atomic E-state index is 13.0. The minimum Gasteiger partial charge on any atom is -0.487 e. The minimum absolute atomic E-state index is 0.235. The van der Waals surface area contributed by atoms with Crippen molar-refractivity contribution in [3.63, 3.8) is 0 Å². The molecule has 1 aromatic carbocycles. The first-order valence-electron chi connectivity index (χ1n) is 6.25. The molecule has 0 saturated heterocycles. The summed E-state index contributed by atoms with van der Waals surface area (Å²) < 4.78 is 18.5. The van der Waals surface area contributed by atoms with Gasteiger partial charge >= 0.3 is 0 Å². The Hall–Kier alpha value is -1.76. The van der Waals surface area contributed by atoms with Crippen LogP contribution in [0.2, 0.25) is 5.02 Å². The second-order valence-electron chi connectivity index (χ2n) is 4.17. The lowest BCUT2D eigenvalue weighted by molar-refractivity contribution is 0.305. The highest BCUT2D eigenvalue weighted by atomic mass is 35.5. The SMILES string of the molecule is Fc1ccc(COc2cncc(C#CCCCl)c2)c(Cl)c1. The predicted octanol–water partition coefficient (Wildman–Crippen LogP) is 4.43. The topological polar surface area (TPSA) is 22.1 Å². The maximum atomic E-state index is 13.0. The summed E-state index contributed by atoms with van der Waals surface area (Å²) in [4.78, 5) is 4.06. The van der Waals surface area contributed by atoms with Gasteiger partial charge in [0.2, 0.25) is 0 Å². The van der Waals surface area contributed by atoms with E-state index in [1.165, 1.54) is 12.1 Å². The van der Waals surface area contributed by atoms with Gasteiger partial charge in [0.25, 0.3) is 0 Å². The fraction of sp³-hybridized carbons (Fsp3) is 0.188. The van der Waals surface area contributed by atoms with Crippen LogP contribution in [-0.2, 0) is 6.61 Å². The lowest BCUT2D eigenvalue weighted by Crippen LogP contribution is -1.97. The Morgan fingerprint density at radius 2 is 2.10 bits per heavy atom. The number of alkyl halides is 1. The summed E-state index contributed by atoms with van der Waals surface area (Å²) in [5, 5.41) is 0.334. The summed E-state index contributed by atoms with van der Waals surface area (Å²) in [6.45, 7) is 0.235. The number of benzene rings is 1. The molecule has 0 fully saturated rings. The molecule has 0 unspecified atom stereocenters. The maximum Gasteiger partial charge on any atom is 0.139 e. The zero-order chi connectivity index (χ0) is 15.1. The van der Waals surface area contributed by atoms with Gasteiger partial charge in [-0.25, -0.2) is 4.39 Å². The Balaban J connectivity index is 2.03.